The predicted octanol–water partition coefficient (Wildman–Crippen LogP) is 3.21. The van der Waals surface area contributed by atoms with Gasteiger partial charge in [0.05, 0.1) is 0 Å². The molecule has 21 heavy (non-hydrogen) atoms. The topological polar surface area (TPSA) is 41.1 Å². The van der Waals surface area contributed by atoms with Gasteiger partial charge in [-0.25, -0.2) is 8.78 Å². The van der Waals surface area contributed by atoms with E-state index in [4.69, 9.17) is 0 Å². The Morgan fingerprint density at radius 3 is 2.48 bits per heavy atom. The average Bonchev–Trinajstić information content (AvgIpc) is 2.42. The van der Waals surface area contributed by atoms with Crippen molar-refractivity contribution in [1.82, 2.24) is 5.32 Å². The summed E-state index contributed by atoms with van der Waals surface area (Å²) in [5, 5.41) is 5.82. The van der Waals surface area contributed by atoms with E-state index in [2.05, 4.69) is 10.6 Å². The minimum atomic E-state index is -0.591. The van der Waals surface area contributed by atoms with Crippen LogP contribution in [0.15, 0.2) is 42.5 Å². The van der Waals surface area contributed by atoms with Crippen molar-refractivity contribution in [3.8, 4) is 0 Å². The number of para-hydroxylation sites is 1. The van der Waals surface area contributed by atoms with Crippen molar-refractivity contribution in [2.45, 2.75) is 20.0 Å². The second-order valence-corrected chi connectivity index (χ2v) is 4.68. The van der Waals surface area contributed by atoms with E-state index in [0.29, 0.717) is 12.1 Å². The van der Waals surface area contributed by atoms with Crippen LogP contribution in [0.25, 0.3) is 0 Å². The summed E-state index contributed by atoms with van der Waals surface area (Å²) in [5.41, 5.74) is 2.01. The number of halogens is 2. The lowest BCUT2D eigenvalue weighted by Gasteiger charge is -2.11. The number of carbonyl (C=O) groups excluding carboxylic acids is 1. The number of benzene rings is 2. The van der Waals surface area contributed by atoms with E-state index in [-0.39, 0.29) is 12.5 Å². The highest BCUT2D eigenvalue weighted by Gasteiger charge is 2.05. The minimum Gasteiger partial charge on any atom is -0.326 e. The average molecular weight is 290 g/mol. The summed E-state index contributed by atoms with van der Waals surface area (Å²) in [4.78, 5) is 11.1. The number of amides is 1. The lowest BCUT2D eigenvalue weighted by Crippen LogP contribution is -2.16. The maximum absolute atomic E-state index is 13.5. The molecule has 0 saturated carbocycles. The molecular formula is C16H16F2N2O. The smallest absolute Gasteiger partial charge is 0.221 e. The molecule has 0 spiro atoms. The van der Waals surface area contributed by atoms with Crippen molar-refractivity contribution in [2.75, 3.05) is 5.32 Å². The van der Waals surface area contributed by atoms with Crippen LogP contribution in [0, 0.1) is 11.6 Å². The van der Waals surface area contributed by atoms with Crippen molar-refractivity contribution in [3.63, 3.8) is 0 Å². The monoisotopic (exact) mass is 290 g/mol. The summed E-state index contributed by atoms with van der Waals surface area (Å²) in [5.74, 6) is -1.31. The van der Waals surface area contributed by atoms with Crippen molar-refractivity contribution < 1.29 is 13.6 Å². The number of hydrogen-bond donors (Lipinski definition) is 2. The van der Waals surface area contributed by atoms with Crippen molar-refractivity contribution in [2.24, 2.45) is 0 Å². The molecular weight excluding hydrogens is 274 g/mol. The summed E-state index contributed by atoms with van der Waals surface area (Å²) in [6.07, 6.45) is 0. The second kappa shape index (κ2) is 6.95. The van der Waals surface area contributed by atoms with Crippen LogP contribution in [0.5, 0.6) is 0 Å². The van der Waals surface area contributed by atoms with Crippen LogP contribution >= 0.6 is 0 Å². The van der Waals surface area contributed by atoms with Crippen LogP contribution in [0.2, 0.25) is 0 Å². The van der Waals surface area contributed by atoms with E-state index in [1.807, 2.05) is 18.2 Å². The highest BCUT2D eigenvalue weighted by atomic mass is 19.1. The highest BCUT2D eigenvalue weighted by molar-refractivity contribution is 5.89. The molecule has 0 aromatic heterocycles. The van der Waals surface area contributed by atoms with Gasteiger partial charge in [-0.15, -0.1) is 0 Å². The Bertz CT molecular complexity index is 644. The third-order valence-corrected chi connectivity index (χ3v) is 2.97. The first-order chi connectivity index (χ1) is 10.1. The number of rotatable bonds is 5. The van der Waals surface area contributed by atoms with Crippen molar-refractivity contribution in [1.29, 1.82) is 0 Å². The van der Waals surface area contributed by atoms with Crippen LogP contribution in [-0.4, -0.2) is 5.91 Å². The molecule has 0 aliphatic rings. The minimum absolute atomic E-state index is 0.146. The summed E-state index contributed by atoms with van der Waals surface area (Å²) in [7, 11) is 0. The summed E-state index contributed by atoms with van der Waals surface area (Å²) >= 11 is 0. The first-order valence-corrected chi connectivity index (χ1v) is 6.56. The van der Waals surface area contributed by atoms with Gasteiger partial charge in [-0.3, -0.25) is 4.79 Å². The molecule has 2 aromatic rings. The maximum atomic E-state index is 13.5. The molecule has 3 nitrogen and oxygen atoms in total. The third-order valence-electron chi connectivity index (χ3n) is 2.97. The van der Waals surface area contributed by atoms with E-state index in [1.165, 1.54) is 19.1 Å². The molecule has 2 aromatic carbocycles. The van der Waals surface area contributed by atoms with E-state index in [9.17, 15) is 13.6 Å². The normalized spacial score (nSPS) is 10.4. The van der Waals surface area contributed by atoms with Gasteiger partial charge in [0, 0.05) is 37.3 Å². The van der Waals surface area contributed by atoms with Gasteiger partial charge in [-0.1, -0.05) is 24.3 Å². The Hall–Kier alpha value is -2.27. The Balaban J connectivity index is 1.98. The van der Waals surface area contributed by atoms with Crippen LogP contribution in [-0.2, 0) is 17.9 Å². The molecule has 2 rings (SSSR count). The van der Waals surface area contributed by atoms with Crippen LogP contribution in [0.4, 0.5) is 14.5 Å². The Morgan fingerprint density at radius 1 is 1.05 bits per heavy atom. The zero-order valence-electron chi connectivity index (χ0n) is 11.6. The Morgan fingerprint density at radius 2 is 1.76 bits per heavy atom. The molecule has 0 atom stereocenters. The molecule has 0 unspecified atom stereocenters. The first kappa shape index (κ1) is 15.1. The Kier molecular flexibility index (Phi) is 5.00. The Labute approximate surface area is 122 Å². The summed E-state index contributed by atoms with van der Waals surface area (Å²) < 4.78 is 26.3. The van der Waals surface area contributed by atoms with E-state index >= 15 is 0 Å². The van der Waals surface area contributed by atoms with Gasteiger partial charge in [0.15, 0.2) is 0 Å². The molecule has 2 N–H and O–H groups in total. The zero-order valence-corrected chi connectivity index (χ0v) is 11.6. The van der Waals surface area contributed by atoms with Crippen LogP contribution in [0.1, 0.15) is 18.1 Å². The van der Waals surface area contributed by atoms with Gasteiger partial charge in [-0.05, 0) is 17.7 Å². The number of hydrogen-bond acceptors (Lipinski definition) is 2. The standard InChI is InChI=1S/C16H16F2N2O/c1-11(21)20-16-5-3-2-4-13(16)10-19-9-12-6-7-14(17)8-15(12)18/h2-8,19H,9-10H2,1H3,(H,20,21). The molecule has 0 saturated heterocycles. The fourth-order valence-corrected chi connectivity index (χ4v) is 1.98. The molecule has 0 bridgehead atoms. The fraction of sp³-hybridized carbons (Fsp3) is 0.188. The quantitative estimate of drug-likeness (QED) is 0.887. The van der Waals surface area contributed by atoms with E-state index < -0.39 is 11.6 Å². The third kappa shape index (κ3) is 4.36. The zero-order chi connectivity index (χ0) is 15.2. The summed E-state index contributed by atoms with van der Waals surface area (Å²) in [6, 6.07) is 10.9. The lowest BCUT2D eigenvalue weighted by molar-refractivity contribution is -0.114. The van der Waals surface area contributed by atoms with E-state index in [1.54, 1.807) is 6.07 Å². The highest BCUT2D eigenvalue weighted by Crippen LogP contribution is 2.15. The molecule has 0 aliphatic heterocycles. The largest absolute Gasteiger partial charge is 0.326 e. The molecule has 0 fully saturated rings. The van der Waals surface area contributed by atoms with Gasteiger partial charge < -0.3 is 10.6 Å². The van der Waals surface area contributed by atoms with Gasteiger partial charge in [0.2, 0.25) is 5.91 Å². The van der Waals surface area contributed by atoms with E-state index in [0.717, 1.165) is 17.3 Å². The van der Waals surface area contributed by atoms with Gasteiger partial charge in [-0.2, -0.15) is 0 Å². The lowest BCUT2D eigenvalue weighted by atomic mass is 10.1. The first-order valence-electron chi connectivity index (χ1n) is 6.56. The number of anilines is 1. The molecule has 0 heterocycles. The maximum Gasteiger partial charge on any atom is 0.221 e. The fourth-order valence-electron chi connectivity index (χ4n) is 1.98. The van der Waals surface area contributed by atoms with Gasteiger partial charge in [0.25, 0.3) is 0 Å². The van der Waals surface area contributed by atoms with Crippen LogP contribution < -0.4 is 10.6 Å². The van der Waals surface area contributed by atoms with Crippen molar-refractivity contribution >= 4 is 11.6 Å². The van der Waals surface area contributed by atoms with Gasteiger partial charge >= 0.3 is 0 Å². The molecule has 0 radical (unpaired) electrons. The molecule has 0 aliphatic carbocycles. The number of carbonyl (C=O) groups is 1. The van der Waals surface area contributed by atoms with Gasteiger partial charge in [0.1, 0.15) is 11.6 Å². The predicted molar refractivity (Wildman–Crippen MR) is 77.6 cm³/mol. The van der Waals surface area contributed by atoms with Crippen molar-refractivity contribution in [3.05, 3.63) is 65.2 Å². The van der Waals surface area contributed by atoms with Crippen LogP contribution in [0.3, 0.4) is 0 Å². The molecule has 5 heteroatoms. The molecule has 1 amide bonds. The SMILES string of the molecule is CC(=O)Nc1ccccc1CNCc1ccc(F)cc1F. The number of nitrogens with one attached hydrogen (secondary N) is 2. The summed E-state index contributed by atoms with van der Waals surface area (Å²) in [6.45, 7) is 2.19. The second-order valence-electron chi connectivity index (χ2n) is 4.68. The molecule has 110 valence electrons.